The van der Waals surface area contributed by atoms with Gasteiger partial charge < -0.3 is 4.42 Å². The predicted molar refractivity (Wildman–Crippen MR) is 79.1 cm³/mol. The second-order valence-corrected chi connectivity index (χ2v) is 4.91. The molecular formula is C18H10F2O. The minimum absolute atomic E-state index is 0.228. The molecule has 0 atom stereocenters. The SMILES string of the molecule is Fc1cc(F)c2c(c1)oc1c(-c3ccccc3)cccc12. The van der Waals surface area contributed by atoms with E-state index in [1.54, 1.807) is 6.07 Å². The van der Waals surface area contributed by atoms with Gasteiger partial charge >= 0.3 is 0 Å². The third-order valence-electron chi connectivity index (χ3n) is 3.60. The molecule has 0 aliphatic rings. The average Bonchev–Trinajstić information content (AvgIpc) is 2.86. The molecule has 0 N–H and O–H groups in total. The van der Waals surface area contributed by atoms with E-state index in [-0.39, 0.29) is 5.58 Å². The van der Waals surface area contributed by atoms with Crippen molar-refractivity contribution in [3.8, 4) is 11.1 Å². The van der Waals surface area contributed by atoms with Crippen molar-refractivity contribution in [1.29, 1.82) is 0 Å². The van der Waals surface area contributed by atoms with Crippen molar-refractivity contribution in [3.63, 3.8) is 0 Å². The number of halogens is 2. The smallest absolute Gasteiger partial charge is 0.143 e. The summed E-state index contributed by atoms with van der Waals surface area (Å²) in [6.07, 6.45) is 0. The van der Waals surface area contributed by atoms with Gasteiger partial charge in [0.25, 0.3) is 0 Å². The summed E-state index contributed by atoms with van der Waals surface area (Å²) in [6, 6.07) is 17.3. The van der Waals surface area contributed by atoms with Crippen LogP contribution in [0.2, 0.25) is 0 Å². The van der Waals surface area contributed by atoms with Gasteiger partial charge in [0.2, 0.25) is 0 Å². The minimum Gasteiger partial charge on any atom is -0.455 e. The Morgan fingerprint density at radius 3 is 2.43 bits per heavy atom. The fraction of sp³-hybridized carbons (Fsp3) is 0. The zero-order chi connectivity index (χ0) is 14.4. The Morgan fingerprint density at radius 1 is 0.810 bits per heavy atom. The quantitative estimate of drug-likeness (QED) is 0.446. The molecule has 0 fully saturated rings. The number of benzene rings is 3. The summed E-state index contributed by atoms with van der Waals surface area (Å²) in [4.78, 5) is 0. The standard InChI is InChI=1S/C18H10F2O/c19-12-9-15(20)17-14-8-4-7-13(11-5-2-1-3-6-11)18(14)21-16(17)10-12/h1-10H. The predicted octanol–water partition coefficient (Wildman–Crippen LogP) is 5.53. The van der Waals surface area contributed by atoms with Crippen LogP contribution < -0.4 is 0 Å². The van der Waals surface area contributed by atoms with Gasteiger partial charge in [-0.2, -0.15) is 0 Å². The number of hydrogen-bond donors (Lipinski definition) is 0. The van der Waals surface area contributed by atoms with Crippen LogP contribution in [0.3, 0.4) is 0 Å². The molecule has 0 aliphatic carbocycles. The molecule has 4 aromatic rings. The molecule has 1 nitrogen and oxygen atoms in total. The van der Waals surface area contributed by atoms with E-state index in [0.717, 1.165) is 17.2 Å². The molecular weight excluding hydrogens is 270 g/mol. The molecule has 4 rings (SSSR count). The fourth-order valence-electron chi connectivity index (χ4n) is 2.69. The molecule has 0 amide bonds. The normalized spacial score (nSPS) is 11.3. The number of furan rings is 1. The first-order chi connectivity index (χ1) is 10.2. The van der Waals surface area contributed by atoms with E-state index in [0.29, 0.717) is 16.4 Å². The summed E-state index contributed by atoms with van der Waals surface area (Å²) in [6.45, 7) is 0. The maximum atomic E-state index is 14.0. The van der Waals surface area contributed by atoms with E-state index in [4.69, 9.17) is 4.42 Å². The highest BCUT2D eigenvalue weighted by Crippen LogP contribution is 2.36. The van der Waals surface area contributed by atoms with Crippen LogP contribution >= 0.6 is 0 Å². The Balaban J connectivity index is 2.14. The summed E-state index contributed by atoms with van der Waals surface area (Å²) in [5.74, 6) is -1.24. The van der Waals surface area contributed by atoms with E-state index in [9.17, 15) is 8.78 Å². The lowest BCUT2D eigenvalue weighted by molar-refractivity contribution is 0.584. The molecule has 0 saturated heterocycles. The molecule has 1 aromatic heterocycles. The van der Waals surface area contributed by atoms with Gasteiger partial charge in [-0.1, -0.05) is 48.5 Å². The lowest BCUT2D eigenvalue weighted by Gasteiger charge is -2.01. The van der Waals surface area contributed by atoms with E-state index in [2.05, 4.69) is 0 Å². The molecule has 102 valence electrons. The fourth-order valence-corrected chi connectivity index (χ4v) is 2.69. The van der Waals surface area contributed by atoms with E-state index in [1.807, 2.05) is 42.5 Å². The lowest BCUT2D eigenvalue weighted by Crippen LogP contribution is -1.80. The Labute approximate surface area is 119 Å². The highest BCUT2D eigenvalue weighted by atomic mass is 19.1. The zero-order valence-electron chi connectivity index (χ0n) is 10.9. The van der Waals surface area contributed by atoms with Crippen LogP contribution in [0, 0.1) is 11.6 Å². The largest absolute Gasteiger partial charge is 0.455 e. The van der Waals surface area contributed by atoms with Gasteiger partial charge in [-0.05, 0) is 5.56 Å². The van der Waals surface area contributed by atoms with Crippen molar-refractivity contribution in [3.05, 3.63) is 72.3 Å². The molecule has 21 heavy (non-hydrogen) atoms. The molecule has 0 aliphatic heterocycles. The lowest BCUT2D eigenvalue weighted by atomic mass is 10.0. The van der Waals surface area contributed by atoms with Gasteiger partial charge in [0.15, 0.2) is 0 Å². The van der Waals surface area contributed by atoms with Gasteiger partial charge in [-0.15, -0.1) is 0 Å². The van der Waals surface area contributed by atoms with Crippen LogP contribution in [0.25, 0.3) is 33.1 Å². The molecule has 0 bridgehead atoms. The average molecular weight is 280 g/mol. The van der Waals surface area contributed by atoms with E-state index < -0.39 is 11.6 Å². The van der Waals surface area contributed by atoms with Crippen LogP contribution in [0.1, 0.15) is 0 Å². The molecule has 0 unspecified atom stereocenters. The second-order valence-electron chi connectivity index (χ2n) is 4.91. The van der Waals surface area contributed by atoms with Crippen molar-refractivity contribution >= 4 is 21.9 Å². The first-order valence-corrected chi connectivity index (χ1v) is 6.60. The third kappa shape index (κ3) is 1.82. The number of hydrogen-bond acceptors (Lipinski definition) is 1. The molecule has 1 heterocycles. The van der Waals surface area contributed by atoms with Crippen LogP contribution in [-0.2, 0) is 0 Å². The summed E-state index contributed by atoms with van der Waals surface area (Å²) in [5.41, 5.74) is 2.64. The number of fused-ring (bicyclic) bond motifs is 3. The van der Waals surface area contributed by atoms with Crippen molar-refractivity contribution in [2.24, 2.45) is 0 Å². The van der Waals surface area contributed by atoms with Crippen molar-refractivity contribution in [1.82, 2.24) is 0 Å². The van der Waals surface area contributed by atoms with Crippen LogP contribution in [0.15, 0.2) is 65.1 Å². The van der Waals surface area contributed by atoms with Gasteiger partial charge in [0, 0.05) is 23.1 Å². The highest BCUT2D eigenvalue weighted by Gasteiger charge is 2.16. The monoisotopic (exact) mass is 280 g/mol. The maximum Gasteiger partial charge on any atom is 0.143 e. The third-order valence-corrected chi connectivity index (χ3v) is 3.60. The Hall–Kier alpha value is -2.68. The number of para-hydroxylation sites is 1. The van der Waals surface area contributed by atoms with Gasteiger partial charge in [0.05, 0.1) is 5.39 Å². The Morgan fingerprint density at radius 2 is 1.62 bits per heavy atom. The maximum absolute atomic E-state index is 14.0. The van der Waals surface area contributed by atoms with Crippen molar-refractivity contribution in [2.75, 3.05) is 0 Å². The van der Waals surface area contributed by atoms with Crippen LogP contribution in [0.4, 0.5) is 8.78 Å². The summed E-state index contributed by atoms with van der Waals surface area (Å²) >= 11 is 0. The highest BCUT2D eigenvalue weighted by molar-refractivity contribution is 6.09. The Bertz CT molecular complexity index is 955. The molecule has 3 aromatic carbocycles. The van der Waals surface area contributed by atoms with Crippen molar-refractivity contribution in [2.45, 2.75) is 0 Å². The Kier molecular flexibility index (Phi) is 2.54. The van der Waals surface area contributed by atoms with Gasteiger partial charge in [-0.3, -0.25) is 0 Å². The zero-order valence-corrected chi connectivity index (χ0v) is 10.9. The molecule has 0 spiro atoms. The summed E-state index contributed by atoms with van der Waals surface area (Å²) in [5, 5.41) is 0.980. The summed E-state index contributed by atoms with van der Waals surface area (Å²) < 4.78 is 33.1. The second kappa shape index (κ2) is 4.42. The van der Waals surface area contributed by atoms with Crippen LogP contribution in [-0.4, -0.2) is 0 Å². The topological polar surface area (TPSA) is 13.1 Å². The van der Waals surface area contributed by atoms with E-state index >= 15 is 0 Å². The summed E-state index contributed by atoms with van der Waals surface area (Å²) in [7, 11) is 0. The van der Waals surface area contributed by atoms with Crippen molar-refractivity contribution < 1.29 is 13.2 Å². The van der Waals surface area contributed by atoms with Gasteiger partial charge in [-0.25, -0.2) is 8.78 Å². The minimum atomic E-state index is -0.639. The number of rotatable bonds is 1. The van der Waals surface area contributed by atoms with Crippen LogP contribution in [0.5, 0.6) is 0 Å². The van der Waals surface area contributed by atoms with E-state index in [1.165, 1.54) is 6.07 Å². The molecule has 0 saturated carbocycles. The first-order valence-electron chi connectivity index (χ1n) is 6.60. The molecule has 0 radical (unpaired) electrons. The first kappa shape index (κ1) is 12.1. The molecule has 3 heteroatoms. The van der Waals surface area contributed by atoms with Gasteiger partial charge in [0.1, 0.15) is 22.8 Å².